The summed E-state index contributed by atoms with van der Waals surface area (Å²) in [5.74, 6) is -1.58. The zero-order valence-corrected chi connectivity index (χ0v) is 22.5. The van der Waals surface area contributed by atoms with Crippen LogP contribution in [0.1, 0.15) is 87.3 Å². The van der Waals surface area contributed by atoms with Crippen LogP contribution >= 0.6 is 0 Å². The first kappa shape index (κ1) is 27.5. The molecule has 4 rings (SSSR count). The van der Waals surface area contributed by atoms with Gasteiger partial charge in [0.15, 0.2) is 0 Å². The summed E-state index contributed by atoms with van der Waals surface area (Å²) < 4.78 is 14.8. The fraction of sp³-hybridized carbons (Fsp3) is 0.467. The molecule has 1 fully saturated rings. The summed E-state index contributed by atoms with van der Waals surface area (Å²) in [5.41, 5.74) is 1.03. The van der Waals surface area contributed by atoms with Crippen molar-refractivity contribution < 1.29 is 23.9 Å². The molecule has 2 N–H and O–H groups in total. The molecule has 7 nitrogen and oxygen atoms in total. The van der Waals surface area contributed by atoms with Crippen LogP contribution in [0.5, 0.6) is 0 Å². The Morgan fingerprint density at radius 3 is 2.34 bits per heavy atom. The Balaban J connectivity index is 1.62. The lowest BCUT2D eigenvalue weighted by molar-refractivity contribution is -0.137. The van der Waals surface area contributed by atoms with Gasteiger partial charge in [0.25, 0.3) is 11.8 Å². The third-order valence-electron chi connectivity index (χ3n) is 8.00. The second-order valence-electron chi connectivity index (χ2n) is 11.4. The highest BCUT2D eigenvalue weighted by atomic mass is 19.1. The monoisotopic (exact) mass is 521 g/mol. The largest absolute Gasteiger partial charge is 0.481 e. The molecule has 1 atom stereocenters. The number of halogens is 1. The van der Waals surface area contributed by atoms with Gasteiger partial charge in [0.1, 0.15) is 17.2 Å². The molecule has 38 heavy (non-hydrogen) atoms. The van der Waals surface area contributed by atoms with Gasteiger partial charge in [0, 0.05) is 17.7 Å². The number of carbonyl (C=O) groups is 3. The minimum absolute atomic E-state index is 0.0445. The highest BCUT2D eigenvalue weighted by molar-refractivity contribution is 6.46. The highest BCUT2D eigenvalue weighted by Crippen LogP contribution is 2.49. The van der Waals surface area contributed by atoms with E-state index in [0.717, 1.165) is 18.4 Å². The van der Waals surface area contributed by atoms with E-state index in [9.17, 15) is 18.8 Å². The van der Waals surface area contributed by atoms with E-state index in [1.54, 1.807) is 42.5 Å². The Morgan fingerprint density at radius 2 is 1.76 bits per heavy atom. The van der Waals surface area contributed by atoms with Crippen molar-refractivity contribution in [2.45, 2.75) is 71.5 Å². The maximum absolute atomic E-state index is 14.8. The number of carboxylic acids is 1. The zero-order valence-electron chi connectivity index (χ0n) is 22.5. The fourth-order valence-corrected chi connectivity index (χ4v) is 5.72. The lowest BCUT2D eigenvalue weighted by atomic mass is 9.69. The quantitative estimate of drug-likeness (QED) is 0.513. The lowest BCUT2D eigenvalue weighted by Crippen LogP contribution is -2.50. The third kappa shape index (κ3) is 5.49. The van der Waals surface area contributed by atoms with E-state index >= 15 is 0 Å². The Kier molecular flexibility index (Phi) is 7.72. The molecule has 1 heterocycles. The maximum atomic E-state index is 14.8. The topological polar surface area (TPSA) is 99.1 Å². The van der Waals surface area contributed by atoms with Crippen molar-refractivity contribution in [3.8, 4) is 0 Å². The lowest BCUT2D eigenvalue weighted by Gasteiger charge is -2.46. The van der Waals surface area contributed by atoms with Crippen LogP contribution in [0.25, 0.3) is 0 Å². The van der Waals surface area contributed by atoms with Crippen LogP contribution in [0.4, 0.5) is 4.39 Å². The first-order valence-electron chi connectivity index (χ1n) is 13.2. The average molecular weight is 522 g/mol. The van der Waals surface area contributed by atoms with Gasteiger partial charge in [0.2, 0.25) is 0 Å². The van der Waals surface area contributed by atoms with Gasteiger partial charge in [-0.25, -0.2) is 4.39 Å². The van der Waals surface area contributed by atoms with E-state index < -0.39 is 17.4 Å². The molecule has 2 amide bonds. The number of nitrogens with zero attached hydrogens (tertiary/aromatic N) is 2. The van der Waals surface area contributed by atoms with E-state index in [1.807, 2.05) is 11.8 Å². The molecule has 1 aliphatic carbocycles. The summed E-state index contributed by atoms with van der Waals surface area (Å²) in [4.78, 5) is 43.8. The molecule has 2 aromatic carbocycles. The Labute approximate surface area is 223 Å². The molecule has 1 saturated carbocycles. The van der Waals surface area contributed by atoms with Gasteiger partial charge >= 0.3 is 5.97 Å². The summed E-state index contributed by atoms with van der Waals surface area (Å²) in [7, 11) is 0. The molecule has 8 heteroatoms. The Hall–Kier alpha value is -3.55. The molecule has 2 aromatic rings. The third-order valence-corrected chi connectivity index (χ3v) is 8.00. The van der Waals surface area contributed by atoms with Crippen LogP contribution in [-0.4, -0.2) is 45.7 Å². The number of aliphatic imine (C=N–C) groups is 1. The van der Waals surface area contributed by atoms with Gasteiger partial charge in [-0.1, -0.05) is 45.0 Å². The average Bonchev–Trinajstić information content (AvgIpc) is 3.14. The Morgan fingerprint density at radius 1 is 1.13 bits per heavy atom. The molecule has 1 aliphatic heterocycles. The van der Waals surface area contributed by atoms with Crippen molar-refractivity contribution in [2.24, 2.45) is 16.3 Å². The minimum atomic E-state index is -0.979. The van der Waals surface area contributed by atoms with Gasteiger partial charge < -0.3 is 15.3 Å². The number of hydrogen-bond acceptors (Lipinski definition) is 4. The summed E-state index contributed by atoms with van der Waals surface area (Å²) in [6.07, 6.45) is 3.09. The molecule has 0 unspecified atom stereocenters. The molecule has 0 radical (unpaired) electrons. The highest BCUT2D eigenvalue weighted by Gasteiger charge is 2.52. The van der Waals surface area contributed by atoms with E-state index in [0.29, 0.717) is 24.3 Å². The zero-order chi connectivity index (χ0) is 27.7. The van der Waals surface area contributed by atoms with Gasteiger partial charge in [-0.2, -0.15) is 0 Å². The van der Waals surface area contributed by atoms with Crippen LogP contribution in [0.15, 0.2) is 53.5 Å². The van der Waals surface area contributed by atoms with Crippen LogP contribution in [0.2, 0.25) is 0 Å². The van der Waals surface area contributed by atoms with Gasteiger partial charge in [-0.15, -0.1) is 0 Å². The Bertz CT molecular complexity index is 1240. The number of amides is 2. The predicted octanol–water partition coefficient (Wildman–Crippen LogP) is 5.36. The SMILES string of the molecule is C[C@H](c1ccc(C(=O)NCCC(=O)O)cc1)N1C(=O)C(c2ccccc2F)=NC12CCC(C(C)(C)C)CC2. The van der Waals surface area contributed by atoms with Crippen LogP contribution in [0, 0.1) is 17.2 Å². The van der Waals surface area contributed by atoms with E-state index in [4.69, 9.17) is 10.1 Å². The van der Waals surface area contributed by atoms with Crippen molar-refractivity contribution in [3.63, 3.8) is 0 Å². The number of aliphatic carboxylic acids is 1. The first-order chi connectivity index (χ1) is 17.9. The standard InChI is InChI=1S/C30H36FN3O4/c1-19(20-9-11-21(12-10-20)27(37)32-18-15-25(35)36)34-28(38)26(23-7-5-6-8-24(23)31)33-30(34)16-13-22(14-17-30)29(2,3)4/h5-12,19,22H,13-18H2,1-4H3,(H,32,37)(H,35,36)/t19-,22?,30?/m1/s1. The van der Waals surface area contributed by atoms with Crippen molar-refractivity contribution in [3.05, 3.63) is 71.0 Å². The van der Waals surface area contributed by atoms with Crippen molar-refractivity contribution in [1.29, 1.82) is 0 Å². The second kappa shape index (κ2) is 10.7. The van der Waals surface area contributed by atoms with Crippen molar-refractivity contribution >= 4 is 23.5 Å². The molecule has 1 spiro atoms. The van der Waals surface area contributed by atoms with Crippen LogP contribution < -0.4 is 5.32 Å². The summed E-state index contributed by atoms with van der Waals surface area (Å²) in [6.45, 7) is 8.70. The van der Waals surface area contributed by atoms with E-state index in [-0.39, 0.29) is 47.5 Å². The molecular formula is C30H36FN3O4. The first-order valence-corrected chi connectivity index (χ1v) is 13.2. The number of carboxylic acid groups (broad SMARTS) is 1. The van der Waals surface area contributed by atoms with E-state index in [2.05, 4.69) is 26.1 Å². The number of rotatable bonds is 7. The van der Waals surface area contributed by atoms with Gasteiger partial charge in [-0.05, 0) is 73.8 Å². The maximum Gasteiger partial charge on any atom is 0.305 e. The smallest absolute Gasteiger partial charge is 0.305 e. The van der Waals surface area contributed by atoms with Crippen LogP contribution in [0.3, 0.4) is 0 Å². The van der Waals surface area contributed by atoms with Crippen molar-refractivity contribution in [2.75, 3.05) is 6.54 Å². The number of hydrogen-bond donors (Lipinski definition) is 2. The molecular weight excluding hydrogens is 485 g/mol. The summed E-state index contributed by atoms with van der Waals surface area (Å²) >= 11 is 0. The predicted molar refractivity (Wildman–Crippen MR) is 143 cm³/mol. The molecule has 2 aliphatic rings. The molecule has 202 valence electrons. The molecule has 0 aromatic heterocycles. The number of benzene rings is 2. The van der Waals surface area contributed by atoms with E-state index in [1.165, 1.54) is 6.07 Å². The summed E-state index contributed by atoms with van der Waals surface area (Å²) in [6, 6.07) is 12.9. The second-order valence-corrected chi connectivity index (χ2v) is 11.4. The minimum Gasteiger partial charge on any atom is -0.481 e. The molecule has 0 bridgehead atoms. The number of carbonyl (C=O) groups excluding carboxylic acids is 2. The normalized spacial score (nSPS) is 22.3. The van der Waals surface area contributed by atoms with Crippen LogP contribution in [-0.2, 0) is 9.59 Å². The fourth-order valence-electron chi connectivity index (χ4n) is 5.72. The summed E-state index contributed by atoms with van der Waals surface area (Å²) in [5, 5.41) is 11.4. The van der Waals surface area contributed by atoms with Gasteiger partial charge in [-0.3, -0.25) is 19.4 Å². The van der Waals surface area contributed by atoms with Gasteiger partial charge in [0.05, 0.1) is 12.5 Å². The van der Waals surface area contributed by atoms with Crippen molar-refractivity contribution in [1.82, 2.24) is 10.2 Å². The number of nitrogens with one attached hydrogen (secondary N) is 1. The molecule has 0 saturated heterocycles.